The number of benzene rings is 2. The largest absolute Gasteiger partial charge is 0.343 e. The molecule has 0 saturated heterocycles. The Morgan fingerprint density at radius 1 is 1.17 bits per heavy atom. The average molecular weight is 461 g/mol. The number of halogens is 2. The molecular formula is C21H18Cl2N4O2S. The smallest absolute Gasteiger partial charge is 0.298 e. The van der Waals surface area contributed by atoms with Crippen LogP contribution in [0, 0.1) is 0 Å². The number of rotatable bonds is 3. The summed E-state index contributed by atoms with van der Waals surface area (Å²) in [5.74, 6) is -1.26. The van der Waals surface area contributed by atoms with Crippen LogP contribution in [0.5, 0.6) is 0 Å². The number of aromatic nitrogens is 2. The van der Waals surface area contributed by atoms with Gasteiger partial charge in [0.1, 0.15) is 0 Å². The highest BCUT2D eigenvalue weighted by atomic mass is 35.5. The van der Waals surface area contributed by atoms with E-state index in [0.29, 0.717) is 32.7 Å². The fourth-order valence-electron chi connectivity index (χ4n) is 3.89. The maximum Gasteiger partial charge on any atom is 0.298 e. The van der Waals surface area contributed by atoms with Crippen molar-refractivity contribution in [3.63, 3.8) is 0 Å². The molecule has 6 nitrogen and oxygen atoms in total. The molecule has 0 bridgehead atoms. The van der Waals surface area contributed by atoms with Crippen LogP contribution in [-0.4, -0.2) is 34.3 Å². The van der Waals surface area contributed by atoms with Gasteiger partial charge in [0, 0.05) is 44.1 Å². The predicted molar refractivity (Wildman–Crippen MR) is 123 cm³/mol. The van der Waals surface area contributed by atoms with Gasteiger partial charge in [-0.3, -0.25) is 14.9 Å². The second-order valence-electron chi connectivity index (χ2n) is 7.03. The summed E-state index contributed by atoms with van der Waals surface area (Å²) in [5, 5.41) is 7.93. The van der Waals surface area contributed by atoms with Crippen molar-refractivity contribution in [3.05, 3.63) is 57.7 Å². The van der Waals surface area contributed by atoms with Gasteiger partial charge in [-0.2, -0.15) is 0 Å². The zero-order valence-corrected chi connectivity index (χ0v) is 18.0. The number of carbonyl (C=O) groups excluding carboxylic acids is 2. The van der Waals surface area contributed by atoms with Crippen LogP contribution < -0.4 is 10.6 Å². The number of carbonyl (C=O) groups is 2. The molecule has 0 unspecified atom stereocenters. The zero-order chi connectivity index (χ0) is 20.8. The molecule has 0 saturated carbocycles. The molecule has 1 amide bonds. The van der Waals surface area contributed by atoms with E-state index in [0.717, 1.165) is 40.9 Å². The summed E-state index contributed by atoms with van der Waals surface area (Å²) in [6.45, 7) is 2.34. The summed E-state index contributed by atoms with van der Waals surface area (Å²) in [7, 11) is 0. The lowest BCUT2D eigenvalue weighted by Gasteiger charge is -2.06. The van der Waals surface area contributed by atoms with E-state index in [2.05, 4.69) is 20.2 Å². The topological polar surface area (TPSA) is 76.0 Å². The molecule has 4 aromatic rings. The number of hydrogen-bond acceptors (Lipinski definition) is 5. The number of nitrogens with one attached hydrogen (secondary N) is 2. The number of para-hydroxylation sites is 1. The Bertz CT molecular complexity index is 1300. The molecule has 0 spiro atoms. The van der Waals surface area contributed by atoms with Crippen LogP contribution in [0.1, 0.15) is 17.5 Å². The van der Waals surface area contributed by atoms with Crippen molar-refractivity contribution in [2.24, 2.45) is 0 Å². The van der Waals surface area contributed by atoms with E-state index in [1.165, 1.54) is 11.3 Å². The van der Waals surface area contributed by atoms with Crippen LogP contribution in [-0.2, 0) is 17.8 Å². The van der Waals surface area contributed by atoms with Gasteiger partial charge in [-0.1, -0.05) is 52.7 Å². The van der Waals surface area contributed by atoms with Gasteiger partial charge in [0.25, 0.3) is 11.7 Å². The van der Waals surface area contributed by atoms with Crippen molar-refractivity contribution in [1.82, 2.24) is 14.9 Å². The van der Waals surface area contributed by atoms with Crippen LogP contribution in [0.3, 0.4) is 0 Å². The average Bonchev–Trinajstić information content (AvgIpc) is 3.14. The minimum absolute atomic E-state index is 0. The van der Waals surface area contributed by atoms with Gasteiger partial charge in [0.15, 0.2) is 5.13 Å². The summed E-state index contributed by atoms with van der Waals surface area (Å²) >= 11 is 13.3. The van der Waals surface area contributed by atoms with Crippen LogP contribution in [0.25, 0.3) is 21.1 Å². The molecule has 3 heterocycles. The molecule has 2 aromatic carbocycles. The Balaban J connectivity index is 0.00000231. The van der Waals surface area contributed by atoms with Gasteiger partial charge < -0.3 is 9.88 Å². The van der Waals surface area contributed by atoms with Crippen molar-refractivity contribution >= 4 is 72.5 Å². The van der Waals surface area contributed by atoms with E-state index in [4.69, 9.17) is 23.2 Å². The first-order valence-corrected chi connectivity index (χ1v) is 11.0. The molecular weight excluding hydrogens is 443 g/mol. The summed E-state index contributed by atoms with van der Waals surface area (Å²) in [5.41, 5.74) is 2.95. The number of thiazole rings is 1. The predicted octanol–water partition coefficient (Wildman–Crippen LogP) is 4.77. The monoisotopic (exact) mass is 460 g/mol. The Labute approximate surface area is 187 Å². The fourth-order valence-corrected chi connectivity index (χ4v) is 5.16. The molecule has 0 fully saturated rings. The first kappa shape index (κ1) is 19.5. The van der Waals surface area contributed by atoms with Crippen LogP contribution in [0.15, 0.2) is 36.4 Å². The summed E-state index contributed by atoms with van der Waals surface area (Å²) in [4.78, 5) is 30.4. The summed E-state index contributed by atoms with van der Waals surface area (Å²) in [6.07, 6.45) is 0.682. The van der Waals surface area contributed by atoms with E-state index >= 15 is 0 Å². The Hall–Kier alpha value is -2.45. The third-order valence-corrected chi connectivity index (χ3v) is 6.87. The molecule has 154 valence electrons. The molecule has 5 rings (SSSR count). The minimum Gasteiger partial charge on any atom is -0.343 e. The van der Waals surface area contributed by atoms with Crippen molar-refractivity contribution < 1.29 is 11.0 Å². The number of hydrogen-bond donors (Lipinski definition) is 2. The van der Waals surface area contributed by atoms with Crippen molar-refractivity contribution in [1.29, 1.82) is 0 Å². The molecule has 0 atom stereocenters. The second kappa shape index (κ2) is 7.67. The summed E-state index contributed by atoms with van der Waals surface area (Å²) < 4.78 is 2.92. The van der Waals surface area contributed by atoms with Crippen LogP contribution >= 0.6 is 34.5 Å². The van der Waals surface area contributed by atoms with Gasteiger partial charge in [0.2, 0.25) is 0 Å². The first-order valence-electron chi connectivity index (χ1n) is 9.45. The molecule has 1 aliphatic heterocycles. The van der Waals surface area contributed by atoms with Crippen LogP contribution in [0.2, 0.25) is 10.0 Å². The highest BCUT2D eigenvalue weighted by molar-refractivity contribution is 7.22. The lowest BCUT2D eigenvalue weighted by atomic mass is 10.0. The first-order chi connectivity index (χ1) is 14.5. The van der Waals surface area contributed by atoms with E-state index in [9.17, 15) is 9.59 Å². The maximum absolute atomic E-state index is 13.2. The van der Waals surface area contributed by atoms with Crippen molar-refractivity contribution in [2.75, 3.05) is 18.4 Å². The Kier molecular flexibility index (Phi) is 4.99. The standard InChI is InChI=1S/C21H16Cl2N4O2S.H2/c22-12-9-14-17(10-13(12)23)30-21(25-14)26-20(29)19(28)18-11-3-1-2-4-15(11)27-8-7-24-6-5-16(18)27;/h1-4,9-10,24H,5-8H2,(H,25,26,29);1H. The number of Topliss-reactive ketones (excluding diaryl/α,β-unsaturated/α-hetero) is 1. The quantitative estimate of drug-likeness (QED) is 0.341. The Morgan fingerprint density at radius 3 is 2.83 bits per heavy atom. The minimum atomic E-state index is -0.706. The van der Waals surface area contributed by atoms with Crippen molar-refractivity contribution in [2.45, 2.75) is 13.0 Å². The zero-order valence-electron chi connectivity index (χ0n) is 15.7. The van der Waals surface area contributed by atoms with Gasteiger partial charge in [-0.25, -0.2) is 4.98 Å². The molecule has 0 radical (unpaired) electrons. The van der Waals surface area contributed by atoms with Crippen molar-refractivity contribution in [3.8, 4) is 0 Å². The van der Waals surface area contributed by atoms with Crippen LogP contribution in [0.4, 0.5) is 5.13 Å². The lowest BCUT2D eigenvalue weighted by Crippen LogP contribution is -2.24. The lowest BCUT2D eigenvalue weighted by molar-refractivity contribution is -0.112. The van der Waals surface area contributed by atoms with Gasteiger partial charge in [-0.05, 0) is 18.2 Å². The number of nitrogens with zero attached hydrogens (tertiary/aromatic N) is 2. The van der Waals surface area contributed by atoms with Gasteiger partial charge >= 0.3 is 0 Å². The van der Waals surface area contributed by atoms with Gasteiger partial charge in [-0.15, -0.1) is 0 Å². The number of ketones is 1. The molecule has 9 heteroatoms. The van der Waals surface area contributed by atoms with E-state index in [1.54, 1.807) is 12.1 Å². The fraction of sp³-hybridized carbons (Fsp3) is 0.190. The van der Waals surface area contributed by atoms with E-state index in [1.807, 2.05) is 24.3 Å². The second-order valence-corrected chi connectivity index (χ2v) is 8.87. The number of anilines is 1. The molecule has 2 N–H and O–H groups in total. The highest BCUT2D eigenvalue weighted by Gasteiger charge is 2.28. The van der Waals surface area contributed by atoms with E-state index < -0.39 is 11.7 Å². The third-order valence-electron chi connectivity index (χ3n) is 5.21. The molecule has 30 heavy (non-hydrogen) atoms. The normalized spacial score (nSPS) is 13.9. The summed E-state index contributed by atoms with van der Waals surface area (Å²) in [6, 6.07) is 11.0. The third kappa shape index (κ3) is 3.28. The van der Waals surface area contributed by atoms with Gasteiger partial charge in [0.05, 0.1) is 25.8 Å². The highest BCUT2D eigenvalue weighted by Crippen LogP contribution is 2.33. The molecule has 1 aliphatic rings. The number of amides is 1. The Morgan fingerprint density at radius 2 is 1.97 bits per heavy atom. The van der Waals surface area contributed by atoms with E-state index in [-0.39, 0.29) is 1.43 Å². The SMILES string of the molecule is O=C(Nc1nc2cc(Cl)c(Cl)cc2s1)C(=O)c1c2n(c3ccccc13)CCNCC2.[HH]. The molecule has 2 aromatic heterocycles. The maximum atomic E-state index is 13.2. The number of fused-ring (bicyclic) bond motifs is 4. The molecule has 0 aliphatic carbocycles.